The molecular formula is C19H29NO4. The van der Waals surface area contributed by atoms with Crippen molar-refractivity contribution in [2.45, 2.75) is 51.0 Å². The lowest BCUT2D eigenvalue weighted by atomic mass is 9.95. The van der Waals surface area contributed by atoms with Crippen molar-refractivity contribution in [1.29, 1.82) is 0 Å². The Morgan fingerprint density at radius 3 is 2.75 bits per heavy atom. The molecule has 0 amide bonds. The van der Waals surface area contributed by atoms with Gasteiger partial charge in [0.25, 0.3) is 0 Å². The number of aliphatic carboxylic acids is 1. The maximum absolute atomic E-state index is 10.7. The SMILES string of the molecule is COc1ccc(CCC2CCCCN2CCCC(=O)O)cc1OC. The van der Waals surface area contributed by atoms with Crippen LogP contribution in [0.3, 0.4) is 0 Å². The zero-order valence-electron chi connectivity index (χ0n) is 14.8. The van der Waals surface area contributed by atoms with Crippen LogP contribution in [-0.2, 0) is 11.2 Å². The number of likely N-dealkylation sites (tertiary alicyclic amines) is 1. The third-order valence-electron chi connectivity index (χ3n) is 4.80. The van der Waals surface area contributed by atoms with Crippen molar-refractivity contribution in [1.82, 2.24) is 4.90 Å². The van der Waals surface area contributed by atoms with Crippen LogP contribution in [0.5, 0.6) is 11.5 Å². The van der Waals surface area contributed by atoms with Crippen LogP contribution in [0.15, 0.2) is 18.2 Å². The zero-order valence-corrected chi connectivity index (χ0v) is 14.8. The van der Waals surface area contributed by atoms with Gasteiger partial charge in [0.05, 0.1) is 14.2 Å². The highest BCUT2D eigenvalue weighted by molar-refractivity contribution is 5.66. The lowest BCUT2D eigenvalue weighted by Gasteiger charge is -2.36. The number of hydrogen-bond donors (Lipinski definition) is 1. The molecule has 1 aliphatic rings. The Labute approximate surface area is 144 Å². The standard InChI is InChI=1S/C19H29NO4/c1-23-17-11-9-15(14-18(17)24-2)8-10-16-6-3-4-12-20(16)13-5-7-19(21)22/h9,11,14,16H,3-8,10,12-13H2,1-2H3,(H,21,22). The van der Waals surface area contributed by atoms with Crippen LogP contribution in [0, 0.1) is 0 Å². The van der Waals surface area contributed by atoms with E-state index in [4.69, 9.17) is 14.6 Å². The van der Waals surface area contributed by atoms with Crippen molar-refractivity contribution in [3.8, 4) is 11.5 Å². The summed E-state index contributed by atoms with van der Waals surface area (Å²) >= 11 is 0. The van der Waals surface area contributed by atoms with Gasteiger partial charge in [0.15, 0.2) is 11.5 Å². The highest BCUT2D eigenvalue weighted by atomic mass is 16.5. The second-order valence-corrected chi connectivity index (χ2v) is 6.41. The van der Waals surface area contributed by atoms with E-state index >= 15 is 0 Å². The van der Waals surface area contributed by atoms with Crippen molar-refractivity contribution in [2.24, 2.45) is 0 Å². The fraction of sp³-hybridized carbons (Fsp3) is 0.632. The molecule has 1 heterocycles. The Morgan fingerprint density at radius 1 is 1.25 bits per heavy atom. The number of ether oxygens (including phenoxy) is 2. The second kappa shape index (κ2) is 9.52. The molecule has 0 saturated carbocycles. The molecule has 1 aromatic rings. The maximum Gasteiger partial charge on any atom is 0.303 e. The minimum atomic E-state index is -0.700. The smallest absolute Gasteiger partial charge is 0.303 e. The summed E-state index contributed by atoms with van der Waals surface area (Å²) in [5.41, 5.74) is 1.25. The molecule has 2 rings (SSSR count). The minimum absolute atomic E-state index is 0.263. The molecule has 5 heteroatoms. The number of piperidine rings is 1. The molecule has 1 saturated heterocycles. The number of carboxylic acids is 1. The molecule has 24 heavy (non-hydrogen) atoms. The highest BCUT2D eigenvalue weighted by Gasteiger charge is 2.22. The summed E-state index contributed by atoms with van der Waals surface area (Å²) in [5, 5.41) is 8.81. The van der Waals surface area contributed by atoms with Crippen molar-refractivity contribution >= 4 is 5.97 Å². The fourth-order valence-electron chi connectivity index (χ4n) is 3.48. The van der Waals surface area contributed by atoms with Crippen LogP contribution in [0.1, 0.15) is 44.1 Å². The van der Waals surface area contributed by atoms with Gasteiger partial charge in [-0.2, -0.15) is 0 Å². The predicted octanol–water partition coefficient (Wildman–Crippen LogP) is 3.36. The molecule has 1 aliphatic heterocycles. The number of benzene rings is 1. The Balaban J connectivity index is 1.89. The number of hydrogen-bond acceptors (Lipinski definition) is 4. The van der Waals surface area contributed by atoms with E-state index in [1.807, 2.05) is 6.07 Å². The first-order valence-electron chi connectivity index (χ1n) is 8.80. The van der Waals surface area contributed by atoms with Crippen LogP contribution < -0.4 is 9.47 Å². The Bertz CT molecular complexity index is 532. The van der Waals surface area contributed by atoms with Crippen LogP contribution in [0.2, 0.25) is 0 Å². The van der Waals surface area contributed by atoms with E-state index in [-0.39, 0.29) is 6.42 Å². The molecule has 1 atom stereocenters. The van der Waals surface area contributed by atoms with Gasteiger partial charge in [0, 0.05) is 12.5 Å². The van der Waals surface area contributed by atoms with Gasteiger partial charge in [0.2, 0.25) is 0 Å². The molecular weight excluding hydrogens is 306 g/mol. The van der Waals surface area contributed by atoms with Gasteiger partial charge in [-0.15, -0.1) is 0 Å². The molecule has 0 spiro atoms. The van der Waals surface area contributed by atoms with E-state index in [1.165, 1.54) is 24.8 Å². The zero-order chi connectivity index (χ0) is 17.4. The lowest BCUT2D eigenvalue weighted by Crippen LogP contribution is -2.40. The summed E-state index contributed by atoms with van der Waals surface area (Å²) in [4.78, 5) is 13.2. The van der Waals surface area contributed by atoms with E-state index in [0.717, 1.165) is 43.9 Å². The number of rotatable bonds is 9. The van der Waals surface area contributed by atoms with Crippen LogP contribution >= 0.6 is 0 Å². The third kappa shape index (κ3) is 5.41. The number of carbonyl (C=O) groups is 1. The molecule has 1 aromatic carbocycles. The summed E-state index contributed by atoms with van der Waals surface area (Å²) < 4.78 is 10.7. The van der Waals surface area contributed by atoms with Gasteiger partial charge < -0.3 is 19.5 Å². The second-order valence-electron chi connectivity index (χ2n) is 6.41. The monoisotopic (exact) mass is 335 g/mol. The first kappa shape index (κ1) is 18.6. The molecule has 5 nitrogen and oxygen atoms in total. The summed E-state index contributed by atoms with van der Waals surface area (Å²) in [6.07, 6.45) is 6.80. The average molecular weight is 335 g/mol. The normalized spacial score (nSPS) is 18.3. The predicted molar refractivity (Wildman–Crippen MR) is 93.9 cm³/mol. The van der Waals surface area contributed by atoms with Crippen LogP contribution in [-0.4, -0.2) is 49.3 Å². The first-order valence-corrected chi connectivity index (χ1v) is 8.80. The van der Waals surface area contributed by atoms with E-state index in [0.29, 0.717) is 6.04 Å². The lowest BCUT2D eigenvalue weighted by molar-refractivity contribution is -0.137. The topological polar surface area (TPSA) is 59.0 Å². The fourth-order valence-corrected chi connectivity index (χ4v) is 3.48. The van der Waals surface area contributed by atoms with Crippen molar-refractivity contribution in [2.75, 3.05) is 27.3 Å². The molecule has 1 N–H and O–H groups in total. The number of aryl methyl sites for hydroxylation is 1. The van der Waals surface area contributed by atoms with Gasteiger partial charge in [-0.1, -0.05) is 12.5 Å². The summed E-state index contributed by atoms with van der Waals surface area (Å²) in [5.74, 6) is 0.833. The minimum Gasteiger partial charge on any atom is -0.493 e. The van der Waals surface area contributed by atoms with Crippen molar-refractivity contribution < 1.29 is 19.4 Å². The van der Waals surface area contributed by atoms with Gasteiger partial charge in [0.1, 0.15) is 0 Å². The van der Waals surface area contributed by atoms with Crippen molar-refractivity contribution in [3.63, 3.8) is 0 Å². The van der Waals surface area contributed by atoms with E-state index in [1.54, 1.807) is 14.2 Å². The largest absolute Gasteiger partial charge is 0.493 e. The first-order chi connectivity index (χ1) is 11.6. The summed E-state index contributed by atoms with van der Waals surface area (Å²) in [6.45, 7) is 1.99. The third-order valence-corrected chi connectivity index (χ3v) is 4.80. The van der Waals surface area contributed by atoms with E-state index < -0.39 is 5.97 Å². The Morgan fingerprint density at radius 2 is 2.04 bits per heavy atom. The van der Waals surface area contributed by atoms with E-state index in [9.17, 15) is 4.79 Å². The maximum atomic E-state index is 10.7. The highest BCUT2D eigenvalue weighted by Crippen LogP contribution is 2.29. The molecule has 134 valence electrons. The number of carboxylic acid groups (broad SMARTS) is 1. The molecule has 0 radical (unpaired) electrons. The Hall–Kier alpha value is -1.75. The molecule has 1 unspecified atom stereocenters. The number of methoxy groups -OCH3 is 2. The summed E-state index contributed by atoms with van der Waals surface area (Å²) in [6, 6.07) is 6.66. The van der Waals surface area contributed by atoms with E-state index in [2.05, 4.69) is 17.0 Å². The van der Waals surface area contributed by atoms with Gasteiger partial charge in [-0.05, 0) is 62.9 Å². The molecule has 0 bridgehead atoms. The van der Waals surface area contributed by atoms with Gasteiger partial charge in [-0.3, -0.25) is 4.79 Å². The number of nitrogens with zero attached hydrogens (tertiary/aromatic N) is 1. The van der Waals surface area contributed by atoms with Crippen LogP contribution in [0.4, 0.5) is 0 Å². The van der Waals surface area contributed by atoms with Gasteiger partial charge in [-0.25, -0.2) is 0 Å². The quantitative estimate of drug-likeness (QED) is 0.750. The summed E-state index contributed by atoms with van der Waals surface area (Å²) in [7, 11) is 3.31. The molecule has 1 fully saturated rings. The van der Waals surface area contributed by atoms with Crippen molar-refractivity contribution in [3.05, 3.63) is 23.8 Å². The Kier molecular flexibility index (Phi) is 7.37. The van der Waals surface area contributed by atoms with Gasteiger partial charge >= 0.3 is 5.97 Å². The van der Waals surface area contributed by atoms with Crippen LogP contribution in [0.25, 0.3) is 0 Å². The molecule has 0 aromatic heterocycles. The average Bonchev–Trinajstić information content (AvgIpc) is 2.60. The molecule has 0 aliphatic carbocycles.